The Morgan fingerprint density at radius 3 is 2.48 bits per heavy atom. The fourth-order valence-corrected chi connectivity index (χ4v) is 3.21. The highest BCUT2D eigenvalue weighted by Gasteiger charge is 2.18. The van der Waals surface area contributed by atoms with Gasteiger partial charge in [-0.3, -0.25) is 4.98 Å². The normalized spacial score (nSPS) is 11.1. The van der Waals surface area contributed by atoms with Gasteiger partial charge in [0.2, 0.25) is 4.96 Å². The quantitative estimate of drug-likeness (QED) is 0.570. The molecule has 0 N–H and O–H groups in total. The number of thiazole rings is 1. The van der Waals surface area contributed by atoms with E-state index in [1.54, 1.807) is 29.0 Å². The predicted molar refractivity (Wildman–Crippen MR) is 77.3 cm³/mol. The molecule has 0 atom stereocenters. The van der Waals surface area contributed by atoms with E-state index in [9.17, 15) is 4.39 Å². The lowest BCUT2D eigenvalue weighted by molar-refractivity contribution is 0.628. The Kier molecular flexibility index (Phi) is 2.71. The Hall–Kier alpha value is -2.67. The van der Waals surface area contributed by atoms with Crippen LogP contribution in [0.5, 0.6) is 0 Å². The molecule has 0 saturated carbocycles. The van der Waals surface area contributed by atoms with Crippen LogP contribution in [0.2, 0.25) is 0 Å². The van der Waals surface area contributed by atoms with Crippen molar-refractivity contribution in [3.63, 3.8) is 0 Å². The largest absolute Gasteiger partial charge is 0.265 e. The molecule has 0 saturated heterocycles. The van der Waals surface area contributed by atoms with Crippen LogP contribution >= 0.6 is 11.3 Å². The molecule has 0 unspecified atom stereocenters. The van der Waals surface area contributed by atoms with E-state index in [0.29, 0.717) is 4.96 Å². The maximum Gasteiger partial charge on any atom is 0.235 e. The van der Waals surface area contributed by atoms with Crippen molar-refractivity contribution in [2.75, 3.05) is 0 Å². The number of halogens is 1. The highest BCUT2D eigenvalue weighted by Crippen LogP contribution is 2.37. The molecule has 0 aliphatic heterocycles. The van der Waals surface area contributed by atoms with Crippen molar-refractivity contribution >= 4 is 16.3 Å². The molecule has 4 aromatic rings. The fourth-order valence-electron chi connectivity index (χ4n) is 2.18. The van der Waals surface area contributed by atoms with Crippen molar-refractivity contribution in [1.29, 1.82) is 0 Å². The Labute approximate surface area is 122 Å². The predicted octanol–water partition coefficient (Wildman–Crippen LogP) is 3.05. The average molecular weight is 297 g/mol. The van der Waals surface area contributed by atoms with Crippen LogP contribution in [0.15, 0.2) is 48.8 Å². The van der Waals surface area contributed by atoms with Gasteiger partial charge in [0.1, 0.15) is 5.82 Å². The summed E-state index contributed by atoms with van der Waals surface area (Å²) in [5.74, 6) is -0.271. The van der Waals surface area contributed by atoms with Crippen LogP contribution in [0.1, 0.15) is 0 Å². The Morgan fingerprint density at radius 1 is 0.952 bits per heavy atom. The van der Waals surface area contributed by atoms with E-state index in [2.05, 4.69) is 20.5 Å². The number of fused-ring (bicyclic) bond motifs is 1. The molecule has 0 bridgehead atoms. The third-order valence-corrected chi connectivity index (χ3v) is 4.19. The number of rotatable bonds is 2. The maximum atomic E-state index is 13.2. The number of aromatic nitrogens is 5. The van der Waals surface area contributed by atoms with Crippen LogP contribution < -0.4 is 0 Å². The molecule has 0 radical (unpaired) electrons. The average Bonchev–Trinajstić information content (AvgIpc) is 3.10. The molecule has 1 aromatic carbocycles. The molecule has 0 amide bonds. The van der Waals surface area contributed by atoms with Gasteiger partial charge in [0.05, 0.1) is 10.6 Å². The minimum absolute atomic E-state index is 0.271. The van der Waals surface area contributed by atoms with Gasteiger partial charge in [-0.1, -0.05) is 16.4 Å². The molecule has 5 nitrogen and oxygen atoms in total. The number of nitrogens with zero attached hydrogens (tertiary/aromatic N) is 5. The number of pyridine rings is 1. The first-order chi connectivity index (χ1) is 10.3. The van der Waals surface area contributed by atoms with Gasteiger partial charge < -0.3 is 0 Å². The van der Waals surface area contributed by atoms with E-state index in [4.69, 9.17) is 0 Å². The second-order valence-electron chi connectivity index (χ2n) is 4.40. The number of hydrogen-bond acceptors (Lipinski definition) is 5. The Bertz CT molecular complexity index is 898. The van der Waals surface area contributed by atoms with Gasteiger partial charge in [-0.2, -0.15) is 4.52 Å². The standard InChI is InChI=1S/C14H8FN5S/c15-11-3-1-9(2-4-11)12-13(10-5-7-16-8-6-10)21-14-17-18-19-20(12)14/h1-8H. The first-order valence-corrected chi connectivity index (χ1v) is 7.02. The van der Waals surface area contributed by atoms with Crippen LogP contribution in [0, 0.1) is 5.82 Å². The van der Waals surface area contributed by atoms with Gasteiger partial charge in [-0.25, -0.2) is 4.39 Å². The molecule has 0 spiro atoms. The first kappa shape index (κ1) is 12.1. The lowest BCUT2D eigenvalue weighted by Crippen LogP contribution is -1.91. The zero-order valence-corrected chi connectivity index (χ0v) is 11.5. The highest BCUT2D eigenvalue weighted by atomic mass is 32.1. The molecular formula is C14H8FN5S. The summed E-state index contributed by atoms with van der Waals surface area (Å²) < 4.78 is 14.8. The van der Waals surface area contributed by atoms with Crippen LogP contribution in [-0.2, 0) is 0 Å². The van der Waals surface area contributed by atoms with E-state index in [-0.39, 0.29) is 5.82 Å². The lowest BCUT2D eigenvalue weighted by Gasteiger charge is -2.04. The van der Waals surface area contributed by atoms with Crippen molar-refractivity contribution in [2.45, 2.75) is 0 Å². The van der Waals surface area contributed by atoms with Crippen LogP contribution in [-0.4, -0.2) is 25.0 Å². The summed E-state index contributed by atoms with van der Waals surface area (Å²) in [7, 11) is 0. The minimum atomic E-state index is -0.271. The molecule has 7 heteroatoms. The molecular weight excluding hydrogens is 289 g/mol. The second kappa shape index (κ2) is 4.71. The third-order valence-electron chi connectivity index (χ3n) is 3.12. The number of hydrogen-bond donors (Lipinski definition) is 0. The fraction of sp³-hybridized carbons (Fsp3) is 0. The van der Waals surface area contributed by atoms with Crippen molar-refractivity contribution in [3.05, 3.63) is 54.6 Å². The summed E-state index contributed by atoms with van der Waals surface area (Å²) >= 11 is 1.49. The number of benzene rings is 1. The summed E-state index contributed by atoms with van der Waals surface area (Å²) in [5, 5.41) is 11.7. The summed E-state index contributed by atoms with van der Waals surface area (Å²) in [6, 6.07) is 10.2. The molecule has 0 aliphatic carbocycles. The first-order valence-electron chi connectivity index (χ1n) is 6.20. The van der Waals surface area contributed by atoms with Crippen LogP contribution in [0.25, 0.3) is 26.7 Å². The van der Waals surface area contributed by atoms with Crippen molar-refractivity contribution in [3.8, 4) is 21.7 Å². The van der Waals surface area contributed by atoms with Crippen molar-refractivity contribution in [1.82, 2.24) is 25.0 Å². The molecule has 102 valence electrons. The minimum Gasteiger partial charge on any atom is -0.265 e. The maximum absolute atomic E-state index is 13.2. The van der Waals surface area contributed by atoms with Crippen molar-refractivity contribution < 1.29 is 4.39 Å². The Balaban J connectivity index is 2.01. The second-order valence-corrected chi connectivity index (χ2v) is 5.37. The summed E-state index contributed by atoms with van der Waals surface area (Å²) in [6.07, 6.45) is 3.47. The molecule has 3 aromatic heterocycles. The molecule has 3 heterocycles. The van der Waals surface area contributed by atoms with Gasteiger partial charge >= 0.3 is 0 Å². The highest BCUT2D eigenvalue weighted by molar-refractivity contribution is 7.20. The molecule has 4 rings (SSSR count). The third kappa shape index (κ3) is 1.98. The topological polar surface area (TPSA) is 56.0 Å². The van der Waals surface area contributed by atoms with Crippen molar-refractivity contribution in [2.24, 2.45) is 0 Å². The smallest absolute Gasteiger partial charge is 0.235 e. The summed E-state index contributed by atoms with van der Waals surface area (Å²) in [6.45, 7) is 0. The monoisotopic (exact) mass is 297 g/mol. The SMILES string of the molecule is Fc1ccc(-c2c(-c3ccncc3)sc3nnnn23)cc1. The van der Waals surface area contributed by atoms with E-state index in [0.717, 1.165) is 21.7 Å². The van der Waals surface area contributed by atoms with E-state index >= 15 is 0 Å². The Morgan fingerprint density at radius 2 is 1.71 bits per heavy atom. The van der Waals surface area contributed by atoms with Gasteiger partial charge in [-0.05, 0) is 52.4 Å². The van der Waals surface area contributed by atoms with E-state index in [1.807, 2.05) is 12.1 Å². The van der Waals surface area contributed by atoms with E-state index < -0.39 is 0 Å². The van der Waals surface area contributed by atoms with Gasteiger partial charge in [0.15, 0.2) is 0 Å². The molecule has 21 heavy (non-hydrogen) atoms. The summed E-state index contributed by atoms with van der Waals surface area (Å²) in [4.78, 5) is 5.73. The lowest BCUT2D eigenvalue weighted by atomic mass is 10.1. The zero-order chi connectivity index (χ0) is 14.2. The van der Waals surface area contributed by atoms with E-state index in [1.165, 1.54) is 23.5 Å². The van der Waals surface area contributed by atoms with Crippen LogP contribution in [0.3, 0.4) is 0 Å². The molecule has 0 fully saturated rings. The molecule has 0 aliphatic rings. The van der Waals surface area contributed by atoms with Gasteiger partial charge in [0, 0.05) is 18.0 Å². The summed E-state index contributed by atoms with van der Waals surface area (Å²) in [5.41, 5.74) is 2.73. The zero-order valence-electron chi connectivity index (χ0n) is 10.6. The number of tetrazole rings is 1. The van der Waals surface area contributed by atoms with Gasteiger partial charge in [0.25, 0.3) is 0 Å². The van der Waals surface area contributed by atoms with Gasteiger partial charge in [-0.15, -0.1) is 0 Å². The van der Waals surface area contributed by atoms with Crippen LogP contribution in [0.4, 0.5) is 4.39 Å².